The molecule has 1 heterocycles. The molecule has 1 saturated heterocycles. The maximum Gasteiger partial charge on any atom is 0.255 e. The summed E-state index contributed by atoms with van der Waals surface area (Å²) in [4.78, 5) is 16.2. The van der Waals surface area contributed by atoms with Crippen LogP contribution in [0.4, 0.5) is 5.69 Å². The largest absolute Gasteiger partial charge is 0.382 e. The highest BCUT2D eigenvalue weighted by atomic mass is 16.2. The smallest absolute Gasteiger partial charge is 0.255 e. The first-order valence-corrected chi connectivity index (χ1v) is 7.33. The molecule has 4 nitrogen and oxygen atoms in total. The fraction of sp³-hybridized carbons (Fsp3) is 0.562. The molecule has 1 aromatic rings. The van der Waals surface area contributed by atoms with E-state index in [1.54, 1.807) is 19.0 Å². The lowest BCUT2D eigenvalue weighted by Gasteiger charge is -2.21. The highest BCUT2D eigenvalue weighted by Crippen LogP contribution is 2.21. The number of rotatable bonds is 3. The molecule has 110 valence electrons. The first kappa shape index (κ1) is 14.9. The number of benzene rings is 1. The minimum absolute atomic E-state index is 0.0545. The van der Waals surface area contributed by atoms with Gasteiger partial charge in [-0.3, -0.25) is 4.79 Å². The van der Waals surface area contributed by atoms with Gasteiger partial charge in [-0.05, 0) is 51.5 Å². The number of carbonyl (C=O) groups excluding carboxylic acids is 1. The minimum Gasteiger partial charge on any atom is -0.382 e. The summed E-state index contributed by atoms with van der Waals surface area (Å²) >= 11 is 0. The van der Waals surface area contributed by atoms with Gasteiger partial charge in [0.1, 0.15) is 0 Å². The van der Waals surface area contributed by atoms with E-state index in [0.717, 1.165) is 37.2 Å². The molecule has 1 amide bonds. The van der Waals surface area contributed by atoms with Crippen LogP contribution in [0.2, 0.25) is 0 Å². The lowest BCUT2D eigenvalue weighted by molar-refractivity contribution is 0.0828. The van der Waals surface area contributed by atoms with E-state index in [2.05, 4.69) is 17.3 Å². The Kier molecular flexibility index (Phi) is 5.01. The molecule has 0 spiro atoms. The highest BCUT2D eigenvalue weighted by molar-refractivity contribution is 5.99. The third-order valence-corrected chi connectivity index (χ3v) is 3.87. The second kappa shape index (κ2) is 6.75. The van der Waals surface area contributed by atoms with E-state index in [1.807, 2.05) is 24.3 Å². The lowest BCUT2D eigenvalue weighted by Crippen LogP contribution is -2.26. The molecule has 1 unspecified atom stereocenters. The molecule has 4 heteroatoms. The second-order valence-corrected chi connectivity index (χ2v) is 5.82. The zero-order valence-corrected chi connectivity index (χ0v) is 12.7. The Morgan fingerprint density at radius 3 is 2.75 bits per heavy atom. The van der Waals surface area contributed by atoms with Crippen molar-refractivity contribution in [3.63, 3.8) is 0 Å². The second-order valence-electron chi connectivity index (χ2n) is 5.82. The Morgan fingerprint density at radius 1 is 1.25 bits per heavy atom. The molecular formula is C16H25N3O. The van der Waals surface area contributed by atoms with Crippen molar-refractivity contribution < 1.29 is 4.79 Å². The number of likely N-dealkylation sites (tertiary alicyclic amines) is 1. The van der Waals surface area contributed by atoms with Crippen LogP contribution in [0.1, 0.15) is 29.6 Å². The Morgan fingerprint density at radius 2 is 2.00 bits per heavy atom. The molecule has 1 aliphatic heterocycles. The van der Waals surface area contributed by atoms with Crippen molar-refractivity contribution in [1.29, 1.82) is 0 Å². The standard InChI is InChI=1S/C16H25N3O/c1-18(2)16(20)14-8-4-5-9-15(14)17-13-7-6-11-19(3)12-10-13/h4-5,8-9,13,17H,6-7,10-12H2,1-3H3. The van der Waals surface area contributed by atoms with Crippen LogP contribution in [-0.4, -0.2) is 56.0 Å². The molecule has 0 radical (unpaired) electrons. The molecule has 1 atom stereocenters. The summed E-state index contributed by atoms with van der Waals surface area (Å²) in [7, 11) is 5.76. The molecule has 2 rings (SSSR count). The molecule has 20 heavy (non-hydrogen) atoms. The van der Waals surface area contributed by atoms with Gasteiger partial charge in [-0.25, -0.2) is 0 Å². The van der Waals surface area contributed by atoms with E-state index >= 15 is 0 Å². The molecule has 1 fully saturated rings. The summed E-state index contributed by atoms with van der Waals surface area (Å²) in [5.74, 6) is 0.0545. The lowest BCUT2D eigenvalue weighted by atomic mass is 10.1. The topological polar surface area (TPSA) is 35.6 Å². The van der Waals surface area contributed by atoms with E-state index in [1.165, 1.54) is 6.42 Å². The number of hydrogen-bond acceptors (Lipinski definition) is 3. The van der Waals surface area contributed by atoms with Crippen molar-refractivity contribution in [2.45, 2.75) is 25.3 Å². The normalized spacial score (nSPS) is 20.2. The van der Waals surface area contributed by atoms with Gasteiger partial charge in [-0.2, -0.15) is 0 Å². The van der Waals surface area contributed by atoms with Gasteiger partial charge in [0.15, 0.2) is 0 Å². The molecule has 0 aliphatic carbocycles. The van der Waals surface area contributed by atoms with Crippen molar-refractivity contribution in [1.82, 2.24) is 9.80 Å². The van der Waals surface area contributed by atoms with Crippen LogP contribution in [0.3, 0.4) is 0 Å². The van der Waals surface area contributed by atoms with Crippen molar-refractivity contribution in [2.75, 3.05) is 39.5 Å². The Balaban J connectivity index is 2.11. The predicted molar refractivity (Wildman–Crippen MR) is 83.2 cm³/mol. The first-order chi connectivity index (χ1) is 9.58. The van der Waals surface area contributed by atoms with E-state index in [0.29, 0.717) is 6.04 Å². The quantitative estimate of drug-likeness (QED) is 0.919. The maximum absolute atomic E-state index is 12.2. The van der Waals surface area contributed by atoms with Crippen LogP contribution in [0.25, 0.3) is 0 Å². The van der Waals surface area contributed by atoms with Crippen molar-refractivity contribution in [2.24, 2.45) is 0 Å². The number of nitrogens with one attached hydrogen (secondary N) is 1. The fourth-order valence-electron chi connectivity index (χ4n) is 2.64. The van der Waals surface area contributed by atoms with E-state index < -0.39 is 0 Å². The van der Waals surface area contributed by atoms with Crippen LogP contribution in [0, 0.1) is 0 Å². The number of amides is 1. The average Bonchev–Trinajstić information content (AvgIpc) is 2.63. The summed E-state index contributed by atoms with van der Waals surface area (Å²) < 4.78 is 0. The van der Waals surface area contributed by atoms with Crippen LogP contribution < -0.4 is 5.32 Å². The van der Waals surface area contributed by atoms with Gasteiger partial charge < -0.3 is 15.1 Å². The summed E-state index contributed by atoms with van der Waals surface area (Å²) in [5.41, 5.74) is 1.72. The highest BCUT2D eigenvalue weighted by Gasteiger charge is 2.18. The average molecular weight is 275 g/mol. The molecule has 0 saturated carbocycles. The maximum atomic E-state index is 12.2. The SMILES string of the molecule is CN1CCCC(Nc2ccccc2C(=O)N(C)C)CC1. The fourth-order valence-corrected chi connectivity index (χ4v) is 2.64. The van der Waals surface area contributed by atoms with Crippen molar-refractivity contribution in [3.8, 4) is 0 Å². The summed E-state index contributed by atoms with van der Waals surface area (Å²) in [5, 5.41) is 3.57. The van der Waals surface area contributed by atoms with Gasteiger partial charge >= 0.3 is 0 Å². The predicted octanol–water partition coefficient (Wildman–Crippen LogP) is 2.28. The van der Waals surface area contributed by atoms with Crippen LogP contribution in [0.15, 0.2) is 24.3 Å². The van der Waals surface area contributed by atoms with E-state index in [4.69, 9.17) is 0 Å². The summed E-state index contributed by atoms with van der Waals surface area (Å²) in [6, 6.07) is 8.26. The van der Waals surface area contributed by atoms with Crippen LogP contribution in [-0.2, 0) is 0 Å². The molecule has 1 N–H and O–H groups in total. The van der Waals surface area contributed by atoms with Gasteiger partial charge in [0, 0.05) is 25.8 Å². The molecular weight excluding hydrogens is 250 g/mol. The Labute approximate surface area is 121 Å². The number of nitrogens with zero attached hydrogens (tertiary/aromatic N) is 2. The van der Waals surface area contributed by atoms with Crippen molar-refractivity contribution in [3.05, 3.63) is 29.8 Å². The van der Waals surface area contributed by atoms with E-state index in [9.17, 15) is 4.79 Å². The summed E-state index contributed by atoms with van der Waals surface area (Å²) in [6.07, 6.45) is 3.49. The minimum atomic E-state index is 0.0545. The van der Waals surface area contributed by atoms with Crippen LogP contribution in [0.5, 0.6) is 0 Å². The third kappa shape index (κ3) is 3.73. The number of anilines is 1. The monoisotopic (exact) mass is 275 g/mol. The Bertz CT molecular complexity index is 459. The van der Waals surface area contributed by atoms with Gasteiger partial charge in [0.2, 0.25) is 0 Å². The van der Waals surface area contributed by atoms with Gasteiger partial charge in [-0.15, -0.1) is 0 Å². The number of hydrogen-bond donors (Lipinski definition) is 1. The summed E-state index contributed by atoms with van der Waals surface area (Å²) in [6.45, 7) is 2.28. The number of para-hydroxylation sites is 1. The van der Waals surface area contributed by atoms with Gasteiger partial charge in [-0.1, -0.05) is 12.1 Å². The number of carbonyl (C=O) groups is 1. The molecule has 0 aromatic heterocycles. The zero-order valence-electron chi connectivity index (χ0n) is 12.7. The molecule has 1 aliphatic rings. The first-order valence-electron chi connectivity index (χ1n) is 7.33. The van der Waals surface area contributed by atoms with Gasteiger partial charge in [0.25, 0.3) is 5.91 Å². The molecule has 1 aromatic carbocycles. The van der Waals surface area contributed by atoms with Crippen LogP contribution >= 0.6 is 0 Å². The molecule has 0 bridgehead atoms. The van der Waals surface area contributed by atoms with Crippen molar-refractivity contribution >= 4 is 11.6 Å². The third-order valence-electron chi connectivity index (χ3n) is 3.87. The Hall–Kier alpha value is -1.55. The zero-order chi connectivity index (χ0) is 14.5. The van der Waals surface area contributed by atoms with E-state index in [-0.39, 0.29) is 5.91 Å². The van der Waals surface area contributed by atoms with Gasteiger partial charge in [0.05, 0.1) is 5.56 Å².